The summed E-state index contributed by atoms with van der Waals surface area (Å²) in [6.45, 7) is 1.58. The van der Waals surface area contributed by atoms with Crippen LogP contribution in [0, 0.1) is 18.8 Å². The number of hydrogen-bond donors (Lipinski definition) is 2. The molecule has 0 radical (unpaired) electrons. The van der Waals surface area contributed by atoms with Crippen LogP contribution in [0.5, 0.6) is 0 Å². The lowest BCUT2D eigenvalue weighted by Gasteiger charge is -2.16. The Morgan fingerprint density at radius 1 is 1.23 bits per heavy atom. The van der Waals surface area contributed by atoms with Gasteiger partial charge in [-0.1, -0.05) is 12.1 Å². The molecule has 1 aliphatic carbocycles. The number of aryl methyl sites for hydroxylation is 1. The Bertz CT molecular complexity index is 1140. The number of alkyl halides is 3. The Morgan fingerprint density at radius 3 is 2.60 bits per heavy atom. The second kappa shape index (κ2) is 7.32. The van der Waals surface area contributed by atoms with E-state index in [1.807, 2.05) is 0 Å². The van der Waals surface area contributed by atoms with Gasteiger partial charge in [0.2, 0.25) is 11.9 Å². The van der Waals surface area contributed by atoms with E-state index in [-0.39, 0.29) is 23.0 Å². The molecule has 3 aromatic rings. The van der Waals surface area contributed by atoms with Crippen LogP contribution in [-0.2, 0) is 4.79 Å². The Kier molecular flexibility index (Phi) is 4.93. The maximum atomic E-state index is 14.6. The quantitative estimate of drug-likeness (QED) is 0.475. The molecule has 2 N–H and O–H groups in total. The van der Waals surface area contributed by atoms with Gasteiger partial charge in [-0.3, -0.25) is 9.78 Å². The highest BCUT2D eigenvalue weighted by atomic mass is 19.4. The average molecular weight is 419 g/mol. The molecular weight excluding hydrogens is 402 g/mol. The molecule has 30 heavy (non-hydrogen) atoms. The number of hydrogen-bond acceptors (Lipinski definition) is 4. The van der Waals surface area contributed by atoms with Gasteiger partial charge in [0.25, 0.3) is 0 Å². The third-order valence-corrected chi connectivity index (χ3v) is 5.02. The lowest BCUT2D eigenvalue weighted by molar-refractivity contribution is -0.207. The number of nitrogens with one attached hydrogen (secondary N) is 1. The molecule has 1 atom stereocenters. The number of benzene rings is 1. The molecule has 5 nitrogen and oxygen atoms in total. The van der Waals surface area contributed by atoms with Crippen molar-refractivity contribution in [2.45, 2.75) is 32.0 Å². The highest BCUT2D eigenvalue weighted by Crippen LogP contribution is 2.34. The van der Waals surface area contributed by atoms with Crippen molar-refractivity contribution < 1.29 is 27.5 Å². The standard InChI is InChI=1S/C21H17F4N3O2/c1-10-6-16(18(29)21(23,24)25)26-9-15(10)12-4-5-13-8-17(27-19(22)14(13)7-12)28-20(30)11-2-3-11/h4-9,11,18,29H,2-3H2,1H3,(H,27,28,30)/t18-/m1/s1. The van der Waals surface area contributed by atoms with E-state index in [2.05, 4.69) is 15.3 Å². The van der Waals surface area contributed by atoms with Crippen molar-refractivity contribution >= 4 is 22.5 Å². The van der Waals surface area contributed by atoms with E-state index in [9.17, 15) is 27.5 Å². The molecule has 1 aliphatic rings. The van der Waals surface area contributed by atoms with Crippen LogP contribution < -0.4 is 5.32 Å². The van der Waals surface area contributed by atoms with Gasteiger partial charge in [0.05, 0.1) is 5.69 Å². The molecule has 0 bridgehead atoms. The highest BCUT2D eigenvalue weighted by molar-refractivity contribution is 5.96. The summed E-state index contributed by atoms with van der Waals surface area (Å²) in [4.78, 5) is 19.4. The highest BCUT2D eigenvalue weighted by Gasteiger charge is 2.40. The summed E-state index contributed by atoms with van der Waals surface area (Å²) in [6.07, 6.45) is -4.64. The molecule has 2 heterocycles. The van der Waals surface area contributed by atoms with Crippen LogP contribution in [0.2, 0.25) is 0 Å². The molecule has 0 spiro atoms. The number of aliphatic hydroxyl groups is 1. The van der Waals surface area contributed by atoms with Gasteiger partial charge in [-0.05, 0) is 54.5 Å². The van der Waals surface area contributed by atoms with Crippen molar-refractivity contribution in [2.24, 2.45) is 5.92 Å². The molecule has 0 aliphatic heterocycles. The Balaban J connectivity index is 1.66. The minimum absolute atomic E-state index is 0.0396. The zero-order valence-corrected chi connectivity index (χ0v) is 15.8. The second-order valence-electron chi connectivity index (χ2n) is 7.37. The van der Waals surface area contributed by atoms with E-state index in [4.69, 9.17) is 0 Å². The van der Waals surface area contributed by atoms with E-state index in [1.54, 1.807) is 25.1 Å². The van der Waals surface area contributed by atoms with Crippen molar-refractivity contribution in [3.05, 3.63) is 53.7 Å². The summed E-state index contributed by atoms with van der Waals surface area (Å²) in [5.74, 6) is -0.855. The van der Waals surface area contributed by atoms with E-state index in [0.29, 0.717) is 22.1 Å². The number of pyridine rings is 2. The number of carbonyl (C=O) groups is 1. The first-order valence-corrected chi connectivity index (χ1v) is 9.26. The Morgan fingerprint density at radius 2 is 1.97 bits per heavy atom. The smallest absolute Gasteiger partial charge is 0.378 e. The van der Waals surface area contributed by atoms with E-state index < -0.39 is 23.9 Å². The summed E-state index contributed by atoms with van der Waals surface area (Å²) in [5.41, 5.74) is 0.981. The number of carbonyl (C=O) groups excluding carboxylic acids is 1. The molecule has 4 rings (SSSR count). The van der Waals surface area contributed by atoms with E-state index in [1.165, 1.54) is 12.3 Å². The first-order chi connectivity index (χ1) is 14.1. The van der Waals surface area contributed by atoms with Gasteiger partial charge in [-0.25, -0.2) is 4.98 Å². The minimum Gasteiger partial charge on any atom is -0.378 e. The zero-order valence-electron chi connectivity index (χ0n) is 15.8. The maximum Gasteiger partial charge on any atom is 0.420 e. The molecule has 2 aromatic heterocycles. The first kappa shape index (κ1) is 20.2. The van der Waals surface area contributed by atoms with Crippen molar-refractivity contribution in [3.63, 3.8) is 0 Å². The number of rotatable bonds is 4. The van der Waals surface area contributed by atoms with E-state index in [0.717, 1.165) is 18.9 Å². The van der Waals surface area contributed by atoms with Gasteiger partial charge in [-0.15, -0.1) is 0 Å². The number of anilines is 1. The van der Waals surface area contributed by atoms with Gasteiger partial charge >= 0.3 is 6.18 Å². The van der Waals surface area contributed by atoms with Crippen molar-refractivity contribution in [1.82, 2.24) is 9.97 Å². The summed E-state index contributed by atoms with van der Waals surface area (Å²) in [6, 6.07) is 7.56. The molecule has 1 aromatic carbocycles. The molecule has 0 saturated heterocycles. The van der Waals surface area contributed by atoms with Crippen LogP contribution in [0.1, 0.15) is 30.2 Å². The predicted molar refractivity (Wildman–Crippen MR) is 102 cm³/mol. The number of nitrogens with zero attached hydrogens (tertiary/aromatic N) is 2. The number of fused-ring (bicyclic) bond motifs is 1. The molecule has 1 fully saturated rings. The zero-order chi connectivity index (χ0) is 21.6. The summed E-state index contributed by atoms with van der Waals surface area (Å²) >= 11 is 0. The fraction of sp³-hybridized carbons (Fsp3) is 0.286. The predicted octanol–water partition coefficient (Wildman–Crippen LogP) is 4.69. The molecular formula is C21H17F4N3O2. The Labute approximate surface area is 168 Å². The van der Waals surface area contributed by atoms with Gasteiger partial charge in [0.1, 0.15) is 5.82 Å². The molecule has 1 amide bonds. The van der Waals surface area contributed by atoms with Crippen LogP contribution in [0.3, 0.4) is 0 Å². The number of amides is 1. The SMILES string of the molecule is Cc1cc([C@@H](O)C(F)(F)F)ncc1-c1ccc2cc(NC(=O)C3CC3)nc(F)c2c1. The number of halogens is 4. The van der Waals surface area contributed by atoms with Crippen LogP contribution in [0.15, 0.2) is 36.5 Å². The summed E-state index contributed by atoms with van der Waals surface area (Å²) < 4.78 is 52.7. The van der Waals surface area contributed by atoms with Crippen LogP contribution in [0.4, 0.5) is 23.4 Å². The topological polar surface area (TPSA) is 75.1 Å². The third kappa shape index (κ3) is 3.97. The fourth-order valence-corrected chi connectivity index (χ4v) is 3.21. The van der Waals surface area contributed by atoms with Crippen molar-refractivity contribution in [2.75, 3.05) is 5.32 Å². The Hall–Kier alpha value is -3.07. The van der Waals surface area contributed by atoms with Gasteiger partial charge in [-0.2, -0.15) is 17.6 Å². The monoisotopic (exact) mass is 419 g/mol. The molecule has 156 valence electrons. The molecule has 1 saturated carbocycles. The largest absolute Gasteiger partial charge is 0.420 e. The fourth-order valence-electron chi connectivity index (χ4n) is 3.21. The molecule has 9 heteroatoms. The maximum absolute atomic E-state index is 14.6. The number of aliphatic hydroxyl groups excluding tert-OH is 1. The van der Waals surface area contributed by atoms with Crippen LogP contribution in [-0.4, -0.2) is 27.2 Å². The lowest BCUT2D eigenvalue weighted by atomic mass is 9.99. The molecule has 0 unspecified atom stereocenters. The van der Waals surface area contributed by atoms with Gasteiger partial charge in [0, 0.05) is 23.1 Å². The van der Waals surface area contributed by atoms with Crippen LogP contribution in [0.25, 0.3) is 21.9 Å². The van der Waals surface area contributed by atoms with E-state index >= 15 is 0 Å². The third-order valence-electron chi connectivity index (χ3n) is 5.02. The minimum atomic E-state index is -4.81. The van der Waals surface area contributed by atoms with Gasteiger partial charge in [0.15, 0.2) is 6.10 Å². The second-order valence-corrected chi connectivity index (χ2v) is 7.37. The summed E-state index contributed by atoms with van der Waals surface area (Å²) in [7, 11) is 0. The number of aromatic nitrogens is 2. The summed E-state index contributed by atoms with van der Waals surface area (Å²) in [5, 5.41) is 12.7. The first-order valence-electron chi connectivity index (χ1n) is 9.26. The lowest BCUT2D eigenvalue weighted by Crippen LogP contribution is -2.21. The van der Waals surface area contributed by atoms with Crippen molar-refractivity contribution in [1.29, 1.82) is 0 Å². The van der Waals surface area contributed by atoms with Crippen molar-refractivity contribution in [3.8, 4) is 11.1 Å². The van der Waals surface area contributed by atoms with Gasteiger partial charge < -0.3 is 10.4 Å². The average Bonchev–Trinajstić information content (AvgIpc) is 3.52. The normalized spacial score (nSPS) is 15.3. The van der Waals surface area contributed by atoms with Crippen LogP contribution >= 0.6 is 0 Å².